The highest BCUT2D eigenvalue weighted by Crippen LogP contribution is 2.20. The SMILES string of the molecule is CC(C)C=Nc1ccc2ccccc2c1. The van der Waals surface area contributed by atoms with Gasteiger partial charge in [0.1, 0.15) is 0 Å². The number of rotatable bonds is 2. The van der Waals surface area contributed by atoms with Crippen molar-refractivity contribution in [1.82, 2.24) is 0 Å². The molecule has 1 heteroatoms. The normalized spacial score (nSPS) is 11.7. The quantitative estimate of drug-likeness (QED) is 0.640. The lowest BCUT2D eigenvalue weighted by Crippen LogP contribution is -1.85. The van der Waals surface area contributed by atoms with Crippen LogP contribution >= 0.6 is 0 Å². The maximum absolute atomic E-state index is 4.43. The molecule has 2 aromatic carbocycles. The van der Waals surface area contributed by atoms with Gasteiger partial charge in [0.05, 0.1) is 5.69 Å². The van der Waals surface area contributed by atoms with Gasteiger partial charge in [0.15, 0.2) is 0 Å². The second-order valence-electron chi connectivity index (χ2n) is 4.05. The highest BCUT2D eigenvalue weighted by molar-refractivity contribution is 5.85. The molecule has 2 rings (SSSR count). The summed E-state index contributed by atoms with van der Waals surface area (Å²) in [7, 11) is 0. The second-order valence-corrected chi connectivity index (χ2v) is 4.05. The highest BCUT2D eigenvalue weighted by Gasteiger charge is 1.93. The van der Waals surface area contributed by atoms with Gasteiger partial charge in [-0.05, 0) is 28.8 Å². The molecule has 0 bridgehead atoms. The van der Waals surface area contributed by atoms with Crippen LogP contribution in [-0.2, 0) is 0 Å². The van der Waals surface area contributed by atoms with Crippen LogP contribution < -0.4 is 0 Å². The van der Waals surface area contributed by atoms with Crippen molar-refractivity contribution in [1.29, 1.82) is 0 Å². The van der Waals surface area contributed by atoms with Gasteiger partial charge < -0.3 is 0 Å². The summed E-state index contributed by atoms with van der Waals surface area (Å²) in [5.41, 5.74) is 1.03. The zero-order valence-corrected chi connectivity index (χ0v) is 9.14. The minimum absolute atomic E-state index is 0.497. The van der Waals surface area contributed by atoms with Crippen LogP contribution in [0, 0.1) is 5.92 Å². The zero-order chi connectivity index (χ0) is 10.7. The third kappa shape index (κ3) is 2.44. The molecule has 15 heavy (non-hydrogen) atoms. The molecular weight excluding hydrogens is 182 g/mol. The van der Waals surface area contributed by atoms with Crippen LogP contribution in [0.25, 0.3) is 10.8 Å². The summed E-state index contributed by atoms with van der Waals surface area (Å²) in [5, 5.41) is 2.51. The Morgan fingerprint density at radius 3 is 2.47 bits per heavy atom. The number of benzene rings is 2. The van der Waals surface area contributed by atoms with Crippen molar-refractivity contribution in [2.75, 3.05) is 0 Å². The maximum atomic E-state index is 4.43. The number of nitrogens with zero attached hydrogens (tertiary/aromatic N) is 1. The molecule has 1 nitrogen and oxygen atoms in total. The highest BCUT2D eigenvalue weighted by atomic mass is 14.7. The van der Waals surface area contributed by atoms with Crippen molar-refractivity contribution in [2.24, 2.45) is 10.9 Å². The molecule has 0 fully saturated rings. The average molecular weight is 197 g/mol. The molecule has 0 saturated heterocycles. The molecule has 0 amide bonds. The first kappa shape index (κ1) is 9.91. The summed E-state index contributed by atoms with van der Waals surface area (Å²) in [6, 6.07) is 14.6. The van der Waals surface area contributed by atoms with E-state index in [0.717, 1.165) is 5.69 Å². The summed E-state index contributed by atoms with van der Waals surface area (Å²) >= 11 is 0. The predicted octanol–water partition coefficient (Wildman–Crippen LogP) is 4.20. The Bertz CT molecular complexity index is 483. The monoisotopic (exact) mass is 197 g/mol. The topological polar surface area (TPSA) is 12.4 Å². The third-order valence-electron chi connectivity index (χ3n) is 2.25. The molecule has 2 aromatic rings. The van der Waals surface area contributed by atoms with Crippen molar-refractivity contribution < 1.29 is 0 Å². The molecular formula is C14H15N. The fourth-order valence-corrected chi connectivity index (χ4v) is 1.49. The zero-order valence-electron chi connectivity index (χ0n) is 9.14. The minimum Gasteiger partial charge on any atom is -0.261 e. The molecule has 0 aliphatic carbocycles. The Hall–Kier alpha value is -1.63. The van der Waals surface area contributed by atoms with Gasteiger partial charge in [0, 0.05) is 6.21 Å². The van der Waals surface area contributed by atoms with Crippen LogP contribution in [0.2, 0.25) is 0 Å². The van der Waals surface area contributed by atoms with Crippen molar-refractivity contribution in [2.45, 2.75) is 13.8 Å². The largest absolute Gasteiger partial charge is 0.261 e. The molecule has 0 N–H and O–H groups in total. The maximum Gasteiger partial charge on any atom is 0.0632 e. The van der Waals surface area contributed by atoms with Gasteiger partial charge in [0.25, 0.3) is 0 Å². The second kappa shape index (κ2) is 4.26. The molecule has 0 aliphatic rings. The summed E-state index contributed by atoms with van der Waals surface area (Å²) in [6.07, 6.45) is 1.98. The van der Waals surface area contributed by atoms with Crippen LogP contribution in [-0.4, -0.2) is 6.21 Å². The molecule has 0 unspecified atom stereocenters. The van der Waals surface area contributed by atoms with E-state index in [0.29, 0.717) is 5.92 Å². The van der Waals surface area contributed by atoms with Gasteiger partial charge in [-0.15, -0.1) is 0 Å². The van der Waals surface area contributed by atoms with Gasteiger partial charge in [-0.1, -0.05) is 44.2 Å². The van der Waals surface area contributed by atoms with Crippen molar-refractivity contribution >= 4 is 22.7 Å². The van der Waals surface area contributed by atoms with E-state index in [1.54, 1.807) is 0 Å². The first-order chi connectivity index (χ1) is 7.25. The summed E-state index contributed by atoms with van der Waals surface area (Å²) in [5.74, 6) is 0.497. The molecule has 0 heterocycles. The van der Waals surface area contributed by atoms with Gasteiger partial charge >= 0.3 is 0 Å². The van der Waals surface area contributed by atoms with Crippen LogP contribution in [0.1, 0.15) is 13.8 Å². The van der Waals surface area contributed by atoms with Crippen LogP contribution in [0.5, 0.6) is 0 Å². The number of aliphatic imine (C=N–C) groups is 1. The van der Waals surface area contributed by atoms with Crippen LogP contribution in [0.15, 0.2) is 47.5 Å². The van der Waals surface area contributed by atoms with E-state index in [9.17, 15) is 0 Å². The Morgan fingerprint density at radius 2 is 1.73 bits per heavy atom. The Labute approximate surface area is 90.5 Å². The van der Waals surface area contributed by atoms with Crippen molar-refractivity contribution in [3.8, 4) is 0 Å². The lowest BCUT2D eigenvalue weighted by molar-refractivity contribution is 0.907. The van der Waals surface area contributed by atoms with E-state index < -0.39 is 0 Å². The van der Waals surface area contributed by atoms with Crippen LogP contribution in [0.4, 0.5) is 5.69 Å². The molecule has 0 aliphatic heterocycles. The van der Waals surface area contributed by atoms with Gasteiger partial charge in [0.2, 0.25) is 0 Å². The molecule has 0 spiro atoms. The van der Waals surface area contributed by atoms with E-state index >= 15 is 0 Å². The standard InChI is InChI=1S/C14H15N/c1-11(2)10-15-14-8-7-12-5-3-4-6-13(12)9-14/h3-11H,1-2H3. The number of hydrogen-bond donors (Lipinski definition) is 0. The third-order valence-corrected chi connectivity index (χ3v) is 2.25. The Kier molecular flexibility index (Phi) is 2.82. The summed E-state index contributed by atoms with van der Waals surface area (Å²) in [6.45, 7) is 4.26. The summed E-state index contributed by atoms with van der Waals surface area (Å²) < 4.78 is 0. The summed E-state index contributed by atoms with van der Waals surface area (Å²) in [4.78, 5) is 4.43. The molecule has 76 valence electrons. The smallest absolute Gasteiger partial charge is 0.0632 e. The Balaban J connectivity index is 2.39. The number of fused-ring (bicyclic) bond motifs is 1. The molecule has 0 aromatic heterocycles. The minimum atomic E-state index is 0.497. The van der Waals surface area contributed by atoms with E-state index in [4.69, 9.17) is 0 Å². The van der Waals surface area contributed by atoms with Crippen molar-refractivity contribution in [3.63, 3.8) is 0 Å². The van der Waals surface area contributed by atoms with E-state index in [1.165, 1.54) is 10.8 Å². The number of hydrogen-bond acceptors (Lipinski definition) is 1. The average Bonchev–Trinajstić information content (AvgIpc) is 2.26. The molecule has 0 radical (unpaired) electrons. The lowest BCUT2D eigenvalue weighted by Gasteiger charge is -1.99. The van der Waals surface area contributed by atoms with Crippen molar-refractivity contribution in [3.05, 3.63) is 42.5 Å². The van der Waals surface area contributed by atoms with Gasteiger partial charge in [-0.25, -0.2) is 0 Å². The fraction of sp³-hybridized carbons (Fsp3) is 0.214. The fourth-order valence-electron chi connectivity index (χ4n) is 1.49. The van der Waals surface area contributed by atoms with Gasteiger partial charge in [-0.3, -0.25) is 4.99 Å². The van der Waals surface area contributed by atoms with E-state index in [-0.39, 0.29) is 0 Å². The Morgan fingerprint density at radius 1 is 1.00 bits per heavy atom. The molecule has 0 saturated carbocycles. The van der Waals surface area contributed by atoms with Gasteiger partial charge in [-0.2, -0.15) is 0 Å². The van der Waals surface area contributed by atoms with E-state index in [1.807, 2.05) is 6.21 Å². The lowest BCUT2D eigenvalue weighted by atomic mass is 10.1. The van der Waals surface area contributed by atoms with Crippen LogP contribution in [0.3, 0.4) is 0 Å². The first-order valence-electron chi connectivity index (χ1n) is 5.29. The van der Waals surface area contributed by atoms with E-state index in [2.05, 4.69) is 61.3 Å². The predicted molar refractivity (Wildman–Crippen MR) is 66.9 cm³/mol. The first-order valence-corrected chi connectivity index (χ1v) is 5.29. The molecule has 0 atom stereocenters.